The predicted octanol–water partition coefficient (Wildman–Crippen LogP) is 4.03. The van der Waals surface area contributed by atoms with E-state index in [2.05, 4.69) is 25.2 Å². The van der Waals surface area contributed by atoms with Crippen molar-refractivity contribution in [3.05, 3.63) is 65.7 Å². The number of aryl methyl sites for hydroxylation is 1. The highest BCUT2D eigenvalue weighted by Gasteiger charge is 2.16. The molecule has 0 bridgehead atoms. The van der Waals surface area contributed by atoms with Gasteiger partial charge < -0.3 is 9.73 Å². The minimum Gasteiger partial charge on any atom is -0.411 e. The zero-order chi connectivity index (χ0) is 22.6. The number of thiazole rings is 1. The molecule has 0 spiro atoms. The summed E-state index contributed by atoms with van der Waals surface area (Å²) >= 11 is 2.30. The van der Waals surface area contributed by atoms with Gasteiger partial charge >= 0.3 is 0 Å². The quantitative estimate of drug-likeness (QED) is 0.357. The van der Waals surface area contributed by atoms with Crippen LogP contribution >= 0.6 is 23.1 Å². The highest BCUT2D eigenvalue weighted by atomic mass is 32.2. The van der Waals surface area contributed by atoms with Crippen molar-refractivity contribution in [3.63, 3.8) is 0 Å². The van der Waals surface area contributed by atoms with Gasteiger partial charge in [-0.05, 0) is 43.3 Å². The third kappa shape index (κ3) is 5.52. The average molecular weight is 488 g/mol. The van der Waals surface area contributed by atoms with Crippen molar-refractivity contribution in [1.82, 2.24) is 15.2 Å². The molecule has 0 fully saturated rings. The predicted molar refractivity (Wildman–Crippen MR) is 123 cm³/mol. The van der Waals surface area contributed by atoms with Gasteiger partial charge in [0.2, 0.25) is 11.8 Å². The van der Waals surface area contributed by atoms with Crippen LogP contribution in [-0.4, -0.2) is 35.3 Å². The van der Waals surface area contributed by atoms with Crippen molar-refractivity contribution in [3.8, 4) is 11.5 Å². The molecule has 164 valence electrons. The summed E-state index contributed by atoms with van der Waals surface area (Å²) in [7, 11) is -3.74. The van der Waals surface area contributed by atoms with Crippen molar-refractivity contribution in [1.29, 1.82) is 0 Å². The van der Waals surface area contributed by atoms with Crippen LogP contribution in [0.4, 0.5) is 10.8 Å². The second-order valence-electron chi connectivity index (χ2n) is 6.55. The molecule has 2 aromatic carbocycles. The van der Waals surface area contributed by atoms with E-state index >= 15 is 0 Å². The minimum absolute atomic E-state index is 0.0567. The minimum atomic E-state index is -3.74. The molecule has 0 aliphatic carbocycles. The van der Waals surface area contributed by atoms with E-state index < -0.39 is 10.0 Å². The molecular formula is C20H17N5O4S3. The highest BCUT2D eigenvalue weighted by molar-refractivity contribution is 7.99. The van der Waals surface area contributed by atoms with Crippen molar-refractivity contribution in [2.75, 3.05) is 15.8 Å². The number of nitrogens with one attached hydrogen (secondary N) is 2. The first-order valence-electron chi connectivity index (χ1n) is 9.25. The first-order valence-corrected chi connectivity index (χ1v) is 12.6. The molecule has 12 heteroatoms. The van der Waals surface area contributed by atoms with Crippen LogP contribution in [0.1, 0.15) is 5.56 Å². The number of benzene rings is 2. The molecule has 2 aromatic heterocycles. The summed E-state index contributed by atoms with van der Waals surface area (Å²) in [5.41, 5.74) is 2.36. The van der Waals surface area contributed by atoms with E-state index in [1.807, 2.05) is 31.2 Å². The number of thioether (sulfide) groups is 1. The molecule has 0 atom stereocenters. The maximum Gasteiger partial charge on any atom is 0.277 e. The van der Waals surface area contributed by atoms with Gasteiger partial charge in [0, 0.05) is 22.8 Å². The maximum absolute atomic E-state index is 12.4. The number of carbonyl (C=O) groups excluding carboxylic acids is 1. The Morgan fingerprint density at radius 2 is 1.97 bits per heavy atom. The fraction of sp³-hybridized carbons (Fsp3) is 0.100. The second kappa shape index (κ2) is 9.51. The molecule has 9 nitrogen and oxygen atoms in total. The van der Waals surface area contributed by atoms with E-state index in [4.69, 9.17) is 4.42 Å². The van der Waals surface area contributed by atoms with E-state index in [0.717, 1.165) is 22.9 Å². The van der Waals surface area contributed by atoms with Gasteiger partial charge in [0.25, 0.3) is 15.2 Å². The Morgan fingerprint density at radius 1 is 1.16 bits per heavy atom. The zero-order valence-corrected chi connectivity index (χ0v) is 19.1. The van der Waals surface area contributed by atoms with Crippen LogP contribution in [0.5, 0.6) is 0 Å². The molecule has 4 rings (SSSR count). The van der Waals surface area contributed by atoms with Crippen LogP contribution in [-0.2, 0) is 14.8 Å². The Kier molecular flexibility index (Phi) is 6.53. The number of sulfonamides is 1. The van der Waals surface area contributed by atoms with Crippen molar-refractivity contribution >= 4 is 49.8 Å². The number of hydrogen-bond acceptors (Lipinski definition) is 9. The number of amides is 1. The summed E-state index contributed by atoms with van der Waals surface area (Å²) in [6, 6.07) is 13.5. The summed E-state index contributed by atoms with van der Waals surface area (Å²) in [5, 5.41) is 12.9. The number of aromatic nitrogens is 3. The zero-order valence-electron chi connectivity index (χ0n) is 16.7. The van der Waals surface area contributed by atoms with Gasteiger partial charge in [-0.1, -0.05) is 29.5 Å². The lowest BCUT2D eigenvalue weighted by molar-refractivity contribution is -0.113. The first kappa shape index (κ1) is 22.0. The molecule has 0 aliphatic rings. The van der Waals surface area contributed by atoms with Gasteiger partial charge in [-0.3, -0.25) is 9.52 Å². The monoisotopic (exact) mass is 487 g/mol. The molecule has 0 aliphatic heterocycles. The summed E-state index contributed by atoms with van der Waals surface area (Å²) < 4.78 is 32.7. The van der Waals surface area contributed by atoms with Crippen LogP contribution < -0.4 is 10.0 Å². The Labute approximate surface area is 192 Å². The fourth-order valence-electron chi connectivity index (χ4n) is 2.65. The Bertz CT molecular complexity index is 1320. The van der Waals surface area contributed by atoms with E-state index in [1.165, 1.54) is 41.8 Å². The topological polar surface area (TPSA) is 127 Å². The van der Waals surface area contributed by atoms with Crippen molar-refractivity contribution in [2.45, 2.75) is 17.0 Å². The molecule has 2 N–H and O–H groups in total. The summed E-state index contributed by atoms with van der Waals surface area (Å²) in [6.07, 6.45) is 1.51. The average Bonchev–Trinajstić information content (AvgIpc) is 3.44. The van der Waals surface area contributed by atoms with Gasteiger partial charge in [-0.15, -0.1) is 21.5 Å². The second-order valence-corrected chi connectivity index (χ2v) is 10.1. The molecule has 1 amide bonds. The van der Waals surface area contributed by atoms with Gasteiger partial charge in [0.15, 0.2) is 5.13 Å². The molecule has 4 aromatic rings. The largest absolute Gasteiger partial charge is 0.411 e. The van der Waals surface area contributed by atoms with E-state index in [-0.39, 0.29) is 26.9 Å². The van der Waals surface area contributed by atoms with Crippen molar-refractivity contribution < 1.29 is 17.6 Å². The number of carbonyl (C=O) groups is 1. The summed E-state index contributed by atoms with van der Waals surface area (Å²) in [4.78, 5) is 16.2. The van der Waals surface area contributed by atoms with Gasteiger partial charge in [0.1, 0.15) is 0 Å². The lowest BCUT2D eigenvalue weighted by Gasteiger charge is -2.07. The molecule has 0 saturated carbocycles. The van der Waals surface area contributed by atoms with Crippen LogP contribution in [0, 0.1) is 6.92 Å². The SMILES string of the molecule is Cc1cccc(-c2nnc(SCC(=O)Nc3ccc(S(=O)(=O)Nc4nccs4)cc3)o2)c1. The number of rotatable bonds is 8. The van der Waals surface area contributed by atoms with E-state index in [1.54, 1.807) is 5.38 Å². The third-order valence-electron chi connectivity index (χ3n) is 4.10. The molecule has 32 heavy (non-hydrogen) atoms. The van der Waals surface area contributed by atoms with Gasteiger partial charge in [-0.25, -0.2) is 13.4 Å². The third-order valence-corrected chi connectivity index (χ3v) is 7.09. The van der Waals surface area contributed by atoms with Gasteiger partial charge in [0.05, 0.1) is 10.6 Å². The van der Waals surface area contributed by atoms with Crippen LogP contribution in [0.25, 0.3) is 11.5 Å². The van der Waals surface area contributed by atoms with Crippen LogP contribution in [0.2, 0.25) is 0 Å². The molecule has 0 saturated heterocycles. The normalized spacial score (nSPS) is 11.3. The number of anilines is 2. The Balaban J connectivity index is 1.32. The summed E-state index contributed by atoms with van der Waals surface area (Å²) in [6.45, 7) is 1.97. The van der Waals surface area contributed by atoms with Gasteiger partial charge in [-0.2, -0.15) is 0 Å². The Hall–Kier alpha value is -3.22. The number of nitrogens with zero attached hydrogens (tertiary/aromatic N) is 3. The maximum atomic E-state index is 12.4. The molecule has 2 heterocycles. The van der Waals surface area contributed by atoms with Crippen molar-refractivity contribution in [2.24, 2.45) is 0 Å². The van der Waals surface area contributed by atoms with E-state index in [9.17, 15) is 13.2 Å². The fourth-order valence-corrected chi connectivity index (χ4v) is 5.00. The Morgan fingerprint density at radius 3 is 2.69 bits per heavy atom. The first-order chi connectivity index (χ1) is 15.4. The lowest BCUT2D eigenvalue weighted by atomic mass is 10.1. The summed E-state index contributed by atoms with van der Waals surface area (Å²) in [5.74, 6) is 0.155. The smallest absolute Gasteiger partial charge is 0.277 e. The highest BCUT2D eigenvalue weighted by Crippen LogP contribution is 2.24. The standard InChI is InChI=1S/C20H17N5O4S3/c1-13-3-2-4-14(11-13)18-23-24-20(29-18)31-12-17(26)22-15-5-7-16(8-6-15)32(27,28)25-19-21-9-10-30-19/h2-11H,12H2,1H3,(H,21,25)(H,22,26). The molecule has 0 radical (unpaired) electrons. The lowest BCUT2D eigenvalue weighted by Crippen LogP contribution is -2.15. The van der Waals surface area contributed by atoms with Crippen LogP contribution in [0.3, 0.4) is 0 Å². The van der Waals surface area contributed by atoms with E-state index in [0.29, 0.717) is 11.6 Å². The molecule has 0 unspecified atom stereocenters. The molecular weight excluding hydrogens is 470 g/mol. The number of hydrogen-bond donors (Lipinski definition) is 2. The van der Waals surface area contributed by atoms with Crippen LogP contribution in [0.15, 0.2) is 74.6 Å².